The molecule has 0 fully saturated rings. The number of allylic oxidation sites excluding steroid dienone is 4. The number of hydrogen-bond acceptors (Lipinski definition) is 16. The number of carboxylic acids is 1. The van der Waals surface area contributed by atoms with Crippen LogP contribution in [-0.2, 0) is 56.1 Å². The molecule has 0 saturated carbocycles. The van der Waals surface area contributed by atoms with Crippen LogP contribution in [0.4, 0.5) is 5.69 Å². The number of unbranched alkanes of at least 4 members (excludes halogenated alkanes) is 2. The quantitative estimate of drug-likeness (QED) is 0.0671. The zero-order valence-corrected chi connectivity index (χ0v) is 38.9. The Kier molecular flexibility index (Phi) is 17.3. The maximum atomic E-state index is 12.2. The molecule has 0 radical (unpaired) electrons. The topological polar surface area (TPSA) is 302 Å². The van der Waals surface area contributed by atoms with E-state index in [0.29, 0.717) is 39.8 Å². The monoisotopic (exact) mass is 1030 g/mol. The smallest absolute Gasteiger partial charge is 0.303 e. The number of carbonyl (C=O) groups is 1. The molecule has 336 valence electrons. The van der Waals surface area contributed by atoms with E-state index in [4.69, 9.17) is 10.1 Å². The largest absolute Gasteiger partial charge is 0.748 e. The van der Waals surface area contributed by atoms with Crippen molar-refractivity contribution in [2.24, 2.45) is 4.99 Å². The van der Waals surface area contributed by atoms with Gasteiger partial charge in [-0.15, -0.1) is 0 Å². The summed E-state index contributed by atoms with van der Waals surface area (Å²) in [6.07, 6.45) is 5.59. The normalized spacial score (nSPS) is 18.6. The second-order valence-corrected chi connectivity index (χ2v) is 22.6. The zero-order chi connectivity index (χ0) is 45.5. The van der Waals surface area contributed by atoms with Gasteiger partial charge >= 0.3 is 5.97 Å². The van der Waals surface area contributed by atoms with Crippen molar-refractivity contribution in [1.29, 1.82) is 0 Å². The van der Waals surface area contributed by atoms with E-state index in [1.54, 1.807) is 45.9 Å². The fraction of sp³-hybridized carbons (Fsp3) is 0.526. The molecule has 0 aromatic heterocycles. The van der Waals surface area contributed by atoms with Gasteiger partial charge in [0.25, 0.3) is 0 Å². The Morgan fingerprint density at radius 3 is 1.98 bits per heavy atom. The number of aliphatic hydroxyl groups excluding tert-OH is 1. The summed E-state index contributed by atoms with van der Waals surface area (Å²) in [5, 5.41) is 19.2. The van der Waals surface area contributed by atoms with Gasteiger partial charge in [0.05, 0.1) is 30.0 Å². The van der Waals surface area contributed by atoms with Crippen molar-refractivity contribution in [3.63, 3.8) is 0 Å². The number of rotatable bonds is 23. The number of benzene rings is 2. The van der Waals surface area contributed by atoms with Crippen LogP contribution in [0.15, 0.2) is 75.1 Å². The molecule has 0 aliphatic carbocycles. The number of anilines is 1. The Morgan fingerprint density at radius 2 is 1.42 bits per heavy atom. The van der Waals surface area contributed by atoms with Crippen molar-refractivity contribution < 1.29 is 66.9 Å². The highest BCUT2D eigenvalue weighted by Gasteiger charge is 2.48. The Bertz CT molecular complexity index is 2450. The number of nitrogens with zero attached hydrogens (tertiary/aromatic N) is 2. The molecular weight excluding hydrogens is 980 g/mol. The molecule has 1 aliphatic heterocycles. The maximum Gasteiger partial charge on any atom is 0.303 e. The number of aliphatic carboxylic acids is 1. The van der Waals surface area contributed by atoms with Crippen molar-refractivity contribution in [3.8, 4) is 0 Å². The second kappa shape index (κ2) is 20.1. The van der Waals surface area contributed by atoms with Crippen LogP contribution in [-0.4, -0.2) is 104 Å². The average Bonchev–Trinajstić information content (AvgIpc) is 3.34. The minimum atomic E-state index is -4.98. The van der Waals surface area contributed by atoms with Gasteiger partial charge in [0, 0.05) is 68.1 Å². The molecular formula is C38H49IN2O15S4-4. The van der Waals surface area contributed by atoms with E-state index in [1.165, 1.54) is 24.3 Å². The van der Waals surface area contributed by atoms with Gasteiger partial charge in [0.15, 0.2) is 0 Å². The van der Waals surface area contributed by atoms with Crippen molar-refractivity contribution in [1.82, 2.24) is 0 Å². The molecule has 1 heterocycles. The lowest BCUT2D eigenvalue weighted by Gasteiger charge is -2.41. The van der Waals surface area contributed by atoms with Crippen LogP contribution in [0.5, 0.6) is 0 Å². The molecule has 2 unspecified atom stereocenters. The van der Waals surface area contributed by atoms with Crippen molar-refractivity contribution >= 4 is 80.4 Å². The van der Waals surface area contributed by atoms with E-state index in [2.05, 4.69) is 0 Å². The molecule has 2 aromatic carbocycles. The third kappa shape index (κ3) is 13.8. The molecule has 0 amide bonds. The summed E-state index contributed by atoms with van der Waals surface area (Å²) in [6.45, 7) is 6.77. The summed E-state index contributed by atoms with van der Waals surface area (Å²) in [5.41, 5.74) is -1.79. The fourth-order valence-electron chi connectivity index (χ4n) is 7.48. The molecule has 1 aliphatic rings. The summed E-state index contributed by atoms with van der Waals surface area (Å²) < 4.78 is 144. The lowest BCUT2D eigenvalue weighted by Crippen LogP contribution is -2.45. The van der Waals surface area contributed by atoms with E-state index < -0.39 is 84.1 Å². The molecule has 22 heteroatoms. The Labute approximate surface area is 366 Å². The molecule has 0 spiro atoms. The van der Waals surface area contributed by atoms with Crippen LogP contribution in [0, 0.1) is 3.57 Å². The SMILES string of the molecule is CC(CCCS(=O)(=O)[O-])(C(/C=C/C=C1/N(C(C)(C)CCO)c2ccc(S(=O)(=O)[O-])cc2C1(C)CCCS(=O)(=O)[O-])=NCCCCCC(=O)O)c1cc(S(=O)(=O)[O-])ccc1I. The van der Waals surface area contributed by atoms with Gasteiger partial charge in [-0.3, -0.25) is 9.79 Å². The Hall–Kier alpha value is -2.81. The first kappa shape index (κ1) is 51.5. The van der Waals surface area contributed by atoms with Gasteiger partial charge in [-0.2, -0.15) is 0 Å². The summed E-state index contributed by atoms with van der Waals surface area (Å²) in [5.74, 6) is -2.50. The predicted octanol–water partition coefficient (Wildman–Crippen LogP) is 4.47. The average molecular weight is 1030 g/mol. The van der Waals surface area contributed by atoms with E-state index in [-0.39, 0.29) is 63.0 Å². The predicted molar refractivity (Wildman–Crippen MR) is 228 cm³/mol. The van der Waals surface area contributed by atoms with E-state index in [1.807, 2.05) is 27.5 Å². The number of carboxylic acid groups (broad SMARTS) is 1. The van der Waals surface area contributed by atoms with Crippen LogP contribution in [0.3, 0.4) is 0 Å². The minimum absolute atomic E-state index is 0.0253. The number of aliphatic imine (C=N–C) groups is 1. The molecule has 0 bridgehead atoms. The molecule has 0 saturated heterocycles. The van der Waals surface area contributed by atoms with E-state index >= 15 is 0 Å². The first-order valence-corrected chi connectivity index (χ1v) is 25.8. The minimum Gasteiger partial charge on any atom is -0.748 e. The van der Waals surface area contributed by atoms with Gasteiger partial charge in [-0.05, 0) is 155 Å². The molecule has 17 nitrogen and oxygen atoms in total. The molecule has 2 N–H and O–H groups in total. The van der Waals surface area contributed by atoms with Gasteiger partial charge in [0.1, 0.15) is 20.2 Å². The van der Waals surface area contributed by atoms with Crippen molar-refractivity contribution in [2.75, 3.05) is 29.6 Å². The van der Waals surface area contributed by atoms with E-state index in [0.717, 1.165) is 12.1 Å². The lowest BCUT2D eigenvalue weighted by molar-refractivity contribution is -0.137. The third-order valence-electron chi connectivity index (χ3n) is 10.6. The zero-order valence-electron chi connectivity index (χ0n) is 33.5. The van der Waals surface area contributed by atoms with Crippen LogP contribution < -0.4 is 4.90 Å². The highest BCUT2D eigenvalue weighted by Crippen LogP contribution is 2.54. The fourth-order valence-corrected chi connectivity index (χ4v) is 10.4. The maximum absolute atomic E-state index is 12.2. The van der Waals surface area contributed by atoms with Gasteiger partial charge in [-0.25, -0.2) is 33.7 Å². The van der Waals surface area contributed by atoms with Gasteiger partial charge in [-0.1, -0.05) is 12.5 Å². The van der Waals surface area contributed by atoms with E-state index in [9.17, 15) is 61.8 Å². The summed E-state index contributed by atoms with van der Waals surface area (Å²) in [6, 6.07) is 7.46. The number of halogens is 1. The van der Waals surface area contributed by atoms with Crippen LogP contribution in [0.2, 0.25) is 0 Å². The molecule has 60 heavy (non-hydrogen) atoms. The number of hydrogen-bond donors (Lipinski definition) is 2. The molecule has 2 atom stereocenters. The highest BCUT2D eigenvalue weighted by molar-refractivity contribution is 14.1. The third-order valence-corrected chi connectivity index (χ3v) is 14.8. The van der Waals surface area contributed by atoms with Gasteiger partial charge < -0.3 is 33.3 Å². The van der Waals surface area contributed by atoms with Crippen molar-refractivity contribution in [2.45, 2.75) is 112 Å². The van der Waals surface area contributed by atoms with Crippen LogP contribution >= 0.6 is 22.6 Å². The van der Waals surface area contributed by atoms with Crippen LogP contribution in [0.25, 0.3) is 0 Å². The standard InChI is InChI=1S/C38H53IN2O15S4/c1-36(2,20-22-42)41-32-17-15-28(60(54,55)56)26-30(32)38(4,19-10-24-58(48,49)50)34(41)12-8-11-33(40-21-7-5-6-13-35(43)44)37(3,18-9-23-57(45,46)47)29-25-27(59(51,52)53)14-16-31(29)39/h8,11-12,14-17,25-26,42H,5-7,9-10,13,18-24H2,1-4H3,(H,43,44)(H,45,46,47)(H,48,49,50)(H,51,52,53)(H,54,55,56)/p-4/b11-8+,34-12+,40-33?. The number of fused-ring (bicyclic) bond motifs is 1. The number of aliphatic hydroxyl groups is 1. The summed E-state index contributed by atoms with van der Waals surface area (Å²) in [4.78, 5) is 16.6. The van der Waals surface area contributed by atoms with Crippen LogP contribution in [0.1, 0.15) is 96.6 Å². The lowest BCUT2D eigenvalue weighted by atomic mass is 9.74. The molecule has 3 rings (SSSR count). The first-order chi connectivity index (χ1) is 27.5. The summed E-state index contributed by atoms with van der Waals surface area (Å²) >= 11 is 1.93. The Balaban J connectivity index is 2.39. The van der Waals surface area contributed by atoms with Crippen molar-refractivity contribution in [3.05, 3.63) is 75.0 Å². The highest BCUT2D eigenvalue weighted by atomic mass is 127. The Morgan fingerprint density at radius 1 is 0.833 bits per heavy atom. The first-order valence-electron chi connectivity index (χ1n) is 18.8. The molecule has 2 aromatic rings. The second-order valence-electron chi connectivity index (χ2n) is 15.6. The summed E-state index contributed by atoms with van der Waals surface area (Å²) in [7, 11) is -19.3. The van der Waals surface area contributed by atoms with Gasteiger partial charge in [0.2, 0.25) is 0 Å².